The van der Waals surface area contributed by atoms with E-state index in [0.717, 1.165) is 22.1 Å². The van der Waals surface area contributed by atoms with Gasteiger partial charge in [0, 0.05) is 18.0 Å². The Hall–Kier alpha value is -2.67. The first-order chi connectivity index (χ1) is 11.6. The monoisotopic (exact) mass is 341 g/mol. The first kappa shape index (κ1) is 14.9. The van der Waals surface area contributed by atoms with Gasteiger partial charge >= 0.3 is 0 Å². The molecule has 0 aliphatic carbocycles. The molecule has 0 saturated carbocycles. The predicted octanol–water partition coefficient (Wildman–Crippen LogP) is 3.55. The molecular weight excluding hydrogens is 326 g/mol. The molecule has 8 heteroatoms. The van der Waals surface area contributed by atoms with Crippen LogP contribution in [-0.4, -0.2) is 29.7 Å². The molecule has 7 nitrogen and oxygen atoms in total. The lowest BCUT2D eigenvalue weighted by atomic mass is 10.1. The Balaban J connectivity index is 1.71. The fraction of sp³-hybridized carbons (Fsp3) is 0.250. The summed E-state index contributed by atoms with van der Waals surface area (Å²) in [6, 6.07) is 6.29. The molecule has 0 aliphatic heterocycles. The average Bonchev–Trinajstić information content (AvgIpc) is 3.18. The van der Waals surface area contributed by atoms with Crippen molar-refractivity contribution in [3.63, 3.8) is 0 Å². The summed E-state index contributed by atoms with van der Waals surface area (Å²) >= 11 is 6.10. The second-order valence-electron chi connectivity index (χ2n) is 5.86. The highest BCUT2D eigenvalue weighted by atomic mass is 35.5. The number of H-pyrrole nitrogens is 1. The largest absolute Gasteiger partial charge is 0.364 e. The molecular formula is C16H16ClN7. The van der Waals surface area contributed by atoms with Crippen molar-refractivity contribution in [2.75, 3.05) is 5.32 Å². The van der Waals surface area contributed by atoms with E-state index >= 15 is 0 Å². The Bertz CT molecular complexity index is 1020. The minimum atomic E-state index is 0.203. The van der Waals surface area contributed by atoms with Crippen LogP contribution in [-0.2, 0) is 6.54 Å². The van der Waals surface area contributed by atoms with Crippen molar-refractivity contribution in [3.05, 3.63) is 41.6 Å². The number of aromatic nitrogens is 6. The van der Waals surface area contributed by atoms with Crippen LogP contribution in [0, 0.1) is 0 Å². The summed E-state index contributed by atoms with van der Waals surface area (Å²) in [5.74, 6) is 0.630. The maximum Gasteiger partial charge on any atom is 0.226 e. The zero-order valence-electron chi connectivity index (χ0n) is 13.3. The molecule has 0 spiro atoms. The standard InChI is InChI=1S/C16H16ClN7/c1-9(2)24-8-19-13-14(21-16(17)22-15(13)24)18-6-10-4-3-5-12-11(10)7-20-23-12/h3-5,7-9H,6H2,1-2H3,(H,20,23)(H,18,21,22). The molecule has 24 heavy (non-hydrogen) atoms. The second kappa shape index (κ2) is 5.76. The van der Waals surface area contributed by atoms with E-state index < -0.39 is 0 Å². The summed E-state index contributed by atoms with van der Waals surface area (Å²) in [6.45, 7) is 4.74. The fourth-order valence-corrected chi connectivity index (χ4v) is 2.92. The number of nitrogens with one attached hydrogen (secondary N) is 2. The molecule has 0 radical (unpaired) electrons. The van der Waals surface area contributed by atoms with E-state index in [9.17, 15) is 0 Å². The Morgan fingerprint density at radius 1 is 1.29 bits per heavy atom. The zero-order valence-corrected chi connectivity index (χ0v) is 14.0. The highest BCUT2D eigenvalue weighted by Crippen LogP contribution is 2.24. The van der Waals surface area contributed by atoms with Gasteiger partial charge in [-0.2, -0.15) is 15.1 Å². The molecule has 0 fully saturated rings. The lowest BCUT2D eigenvalue weighted by Crippen LogP contribution is -2.05. The van der Waals surface area contributed by atoms with Crippen molar-refractivity contribution < 1.29 is 0 Å². The number of aromatic amines is 1. The van der Waals surface area contributed by atoms with E-state index in [2.05, 4.69) is 50.4 Å². The van der Waals surface area contributed by atoms with Gasteiger partial charge in [0.05, 0.1) is 18.0 Å². The maximum absolute atomic E-state index is 6.10. The summed E-state index contributed by atoms with van der Waals surface area (Å²) in [6.07, 6.45) is 3.59. The van der Waals surface area contributed by atoms with Gasteiger partial charge in [-0.1, -0.05) is 12.1 Å². The summed E-state index contributed by atoms with van der Waals surface area (Å²) in [5.41, 5.74) is 3.57. The van der Waals surface area contributed by atoms with Gasteiger partial charge in [-0.25, -0.2) is 4.98 Å². The van der Waals surface area contributed by atoms with Crippen molar-refractivity contribution in [3.8, 4) is 0 Å². The van der Waals surface area contributed by atoms with Gasteiger partial charge < -0.3 is 9.88 Å². The SMILES string of the molecule is CC(C)n1cnc2c(NCc3cccc4[nH]ncc34)nc(Cl)nc21. The maximum atomic E-state index is 6.10. The third kappa shape index (κ3) is 2.46. The van der Waals surface area contributed by atoms with Crippen LogP contribution < -0.4 is 5.32 Å². The van der Waals surface area contributed by atoms with Crippen LogP contribution in [0.3, 0.4) is 0 Å². The normalized spacial score (nSPS) is 11.7. The topological polar surface area (TPSA) is 84.3 Å². The number of nitrogens with zero attached hydrogens (tertiary/aromatic N) is 5. The third-order valence-electron chi connectivity index (χ3n) is 3.97. The quantitative estimate of drug-likeness (QED) is 0.554. The molecule has 0 bridgehead atoms. The van der Waals surface area contributed by atoms with Gasteiger partial charge in [0.15, 0.2) is 17.0 Å². The Morgan fingerprint density at radius 2 is 2.17 bits per heavy atom. The molecule has 1 aromatic carbocycles. The van der Waals surface area contributed by atoms with Crippen molar-refractivity contribution in [1.29, 1.82) is 0 Å². The first-order valence-corrected chi connectivity index (χ1v) is 8.06. The van der Waals surface area contributed by atoms with Crippen molar-refractivity contribution >= 4 is 39.5 Å². The van der Waals surface area contributed by atoms with Gasteiger partial charge in [-0.15, -0.1) is 0 Å². The lowest BCUT2D eigenvalue weighted by Gasteiger charge is -2.10. The van der Waals surface area contributed by atoms with E-state index in [-0.39, 0.29) is 11.3 Å². The van der Waals surface area contributed by atoms with Gasteiger partial charge in [-0.3, -0.25) is 5.10 Å². The smallest absolute Gasteiger partial charge is 0.226 e. The van der Waals surface area contributed by atoms with Crippen LogP contribution in [0.25, 0.3) is 22.1 Å². The van der Waals surface area contributed by atoms with Crippen LogP contribution in [0.15, 0.2) is 30.7 Å². The molecule has 4 aromatic rings. The fourth-order valence-electron chi connectivity index (χ4n) is 2.75. The van der Waals surface area contributed by atoms with Crippen LogP contribution in [0.5, 0.6) is 0 Å². The molecule has 0 atom stereocenters. The second-order valence-corrected chi connectivity index (χ2v) is 6.20. The summed E-state index contributed by atoms with van der Waals surface area (Å²) < 4.78 is 1.98. The Kier molecular flexibility index (Phi) is 3.57. The minimum Gasteiger partial charge on any atom is -0.364 e. The predicted molar refractivity (Wildman–Crippen MR) is 94.1 cm³/mol. The zero-order chi connectivity index (χ0) is 16.7. The average molecular weight is 342 g/mol. The van der Waals surface area contributed by atoms with Crippen LogP contribution in [0.2, 0.25) is 5.28 Å². The summed E-state index contributed by atoms with van der Waals surface area (Å²) in [4.78, 5) is 13.1. The van der Waals surface area contributed by atoms with Gasteiger partial charge in [0.2, 0.25) is 5.28 Å². The highest BCUT2D eigenvalue weighted by molar-refractivity contribution is 6.28. The van der Waals surface area contributed by atoms with Crippen molar-refractivity contribution in [1.82, 2.24) is 29.7 Å². The van der Waals surface area contributed by atoms with Crippen LogP contribution in [0.4, 0.5) is 5.82 Å². The van der Waals surface area contributed by atoms with E-state index in [1.807, 2.05) is 22.9 Å². The number of halogens is 1. The minimum absolute atomic E-state index is 0.203. The van der Waals surface area contributed by atoms with Crippen molar-refractivity contribution in [2.45, 2.75) is 26.4 Å². The number of fused-ring (bicyclic) bond motifs is 2. The number of rotatable bonds is 4. The molecule has 0 amide bonds. The van der Waals surface area contributed by atoms with Gasteiger partial charge in [0.1, 0.15) is 0 Å². The number of benzene rings is 1. The molecule has 3 aromatic heterocycles. The number of imidazole rings is 1. The summed E-state index contributed by atoms with van der Waals surface area (Å²) in [5, 5.41) is 11.7. The molecule has 0 aliphatic rings. The lowest BCUT2D eigenvalue weighted by molar-refractivity contribution is 0.612. The molecule has 0 unspecified atom stereocenters. The van der Waals surface area contributed by atoms with E-state index in [1.165, 1.54) is 0 Å². The Labute approximate surface area is 143 Å². The van der Waals surface area contributed by atoms with Gasteiger partial charge in [-0.05, 0) is 37.1 Å². The Morgan fingerprint density at radius 3 is 3.00 bits per heavy atom. The number of hydrogen-bond acceptors (Lipinski definition) is 5. The molecule has 4 rings (SSSR count). The van der Waals surface area contributed by atoms with E-state index in [0.29, 0.717) is 17.9 Å². The number of hydrogen-bond donors (Lipinski definition) is 2. The van der Waals surface area contributed by atoms with E-state index in [4.69, 9.17) is 11.6 Å². The van der Waals surface area contributed by atoms with E-state index in [1.54, 1.807) is 6.33 Å². The van der Waals surface area contributed by atoms with Crippen LogP contribution in [0.1, 0.15) is 25.5 Å². The van der Waals surface area contributed by atoms with Crippen LogP contribution >= 0.6 is 11.6 Å². The van der Waals surface area contributed by atoms with Crippen molar-refractivity contribution in [2.24, 2.45) is 0 Å². The molecule has 122 valence electrons. The molecule has 3 heterocycles. The molecule has 0 saturated heterocycles. The highest BCUT2D eigenvalue weighted by Gasteiger charge is 2.14. The first-order valence-electron chi connectivity index (χ1n) is 7.68. The van der Waals surface area contributed by atoms with Gasteiger partial charge in [0.25, 0.3) is 0 Å². The number of anilines is 1. The molecule has 2 N–H and O–H groups in total. The summed E-state index contributed by atoms with van der Waals surface area (Å²) in [7, 11) is 0. The third-order valence-corrected chi connectivity index (χ3v) is 4.14.